The summed E-state index contributed by atoms with van der Waals surface area (Å²) in [4.78, 5) is 30.1. The fourth-order valence-corrected chi connectivity index (χ4v) is 5.71. The Morgan fingerprint density at radius 2 is 1.70 bits per heavy atom. The molecule has 2 heterocycles. The summed E-state index contributed by atoms with van der Waals surface area (Å²) in [5.74, 6) is -0.105. The monoisotopic (exact) mass is 631 g/mol. The van der Waals surface area contributed by atoms with Gasteiger partial charge in [-0.1, -0.05) is 78.2 Å². The van der Waals surface area contributed by atoms with Gasteiger partial charge in [-0.15, -0.1) is 10.2 Å². The van der Waals surface area contributed by atoms with Crippen molar-refractivity contribution in [2.75, 3.05) is 6.54 Å². The highest BCUT2D eigenvalue weighted by atomic mass is 35.5. The summed E-state index contributed by atoms with van der Waals surface area (Å²) in [5.41, 5.74) is 2.94. The average molecular weight is 633 g/mol. The number of morpholine rings is 1. The molecule has 0 unspecified atom stereocenters. The quantitative estimate of drug-likeness (QED) is 0.233. The van der Waals surface area contributed by atoms with Crippen LogP contribution in [-0.2, 0) is 27.2 Å². The van der Waals surface area contributed by atoms with E-state index in [2.05, 4.69) is 32.0 Å². The lowest BCUT2D eigenvalue weighted by atomic mass is 9.88. The summed E-state index contributed by atoms with van der Waals surface area (Å²) in [6, 6.07) is 22.3. The summed E-state index contributed by atoms with van der Waals surface area (Å²) in [6.45, 7) is 2.25. The summed E-state index contributed by atoms with van der Waals surface area (Å²) in [6.07, 6.45) is 0.220. The molecule has 1 aliphatic heterocycles. The zero-order valence-electron chi connectivity index (χ0n) is 24.0. The molecule has 5 rings (SSSR count). The second-order valence-corrected chi connectivity index (χ2v) is 11.4. The second kappa shape index (κ2) is 14.4. The first-order valence-electron chi connectivity index (χ1n) is 14.4. The van der Waals surface area contributed by atoms with Gasteiger partial charge in [-0.3, -0.25) is 9.59 Å². The minimum atomic E-state index is -0.890. The van der Waals surface area contributed by atoms with Gasteiger partial charge in [-0.2, -0.15) is 10.5 Å². The molecule has 0 aliphatic carbocycles. The lowest BCUT2D eigenvalue weighted by Gasteiger charge is -2.47. The zero-order valence-corrected chi connectivity index (χ0v) is 25.5. The van der Waals surface area contributed by atoms with Gasteiger partial charge in [0, 0.05) is 29.4 Å². The van der Waals surface area contributed by atoms with E-state index in [-0.39, 0.29) is 24.8 Å². The number of H-pyrrole nitrogens is 1. The molecule has 44 heavy (non-hydrogen) atoms. The van der Waals surface area contributed by atoms with Crippen LogP contribution in [0, 0.1) is 11.3 Å². The number of tetrazole rings is 1. The Kier molecular flexibility index (Phi) is 10.2. The number of carbonyl (C=O) groups is 2. The summed E-state index contributed by atoms with van der Waals surface area (Å²) in [7, 11) is 0. The van der Waals surface area contributed by atoms with Gasteiger partial charge in [0.05, 0.1) is 17.7 Å². The van der Waals surface area contributed by atoms with E-state index in [0.29, 0.717) is 40.7 Å². The van der Waals surface area contributed by atoms with Crippen molar-refractivity contribution in [3.05, 3.63) is 111 Å². The van der Waals surface area contributed by atoms with E-state index in [1.807, 2.05) is 43.3 Å². The van der Waals surface area contributed by atoms with E-state index in [0.717, 1.165) is 16.7 Å². The Hall–Kier alpha value is -4.30. The standard InChI is InChI=1S/C32H31Cl2N7O3/c1-2-3-26(31(42)36-17-16-28-37-39-40-38-28)41-29(22-8-12-24(33)13-9-22)30(23-10-14-25(34)15-11-23)44-27(32(41)43)18-20-4-6-21(19-35)7-5-20/h4-15,26-27,29-30H,2-3,16-18H2,1H3,(H,36,42)(H,37,38,39,40)/t26-,27+,29-,30+/m1/s1. The number of nitriles is 1. The van der Waals surface area contributed by atoms with Crippen molar-refractivity contribution in [3.8, 4) is 6.07 Å². The Bertz CT molecular complexity index is 1590. The molecule has 1 fully saturated rings. The number of nitrogens with one attached hydrogen (secondary N) is 2. The number of amides is 2. The van der Waals surface area contributed by atoms with Crippen LogP contribution in [0.3, 0.4) is 0 Å². The number of ether oxygens (including phenoxy) is 1. The van der Waals surface area contributed by atoms with Crippen molar-refractivity contribution in [3.63, 3.8) is 0 Å². The smallest absolute Gasteiger partial charge is 0.253 e. The van der Waals surface area contributed by atoms with E-state index >= 15 is 0 Å². The molecule has 2 N–H and O–H groups in total. The highest BCUT2D eigenvalue weighted by Crippen LogP contribution is 2.44. The van der Waals surface area contributed by atoms with Crippen LogP contribution >= 0.6 is 23.2 Å². The predicted molar refractivity (Wildman–Crippen MR) is 165 cm³/mol. The number of carbonyl (C=O) groups excluding carboxylic acids is 2. The Balaban J connectivity index is 1.55. The third-order valence-electron chi connectivity index (χ3n) is 7.58. The molecule has 0 saturated carbocycles. The van der Waals surface area contributed by atoms with Gasteiger partial charge in [0.25, 0.3) is 5.91 Å². The topological polar surface area (TPSA) is 137 Å². The summed E-state index contributed by atoms with van der Waals surface area (Å²) < 4.78 is 6.66. The van der Waals surface area contributed by atoms with Gasteiger partial charge in [-0.25, -0.2) is 0 Å². The van der Waals surface area contributed by atoms with Crippen LogP contribution in [0.4, 0.5) is 0 Å². The maximum absolute atomic E-state index is 14.5. The minimum absolute atomic E-state index is 0.261. The fourth-order valence-electron chi connectivity index (χ4n) is 5.45. The normalized spacial score (nSPS) is 18.9. The van der Waals surface area contributed by atoms with Gasteiger partial charge in [0.15, 0.2) is 5.82 Å². The van der Waals surface area contributed by atoms with Crippen molar-refractivity contribution < 1.29 is 14.3 Å². The van der Waals surface area contributed by atoms with Gasteiger partial charge in [-0.05, 0) is 59.5 Å². The number of nitrogens with zero attached hydrogens (tertiary/aromatic N) is 5. The molecule has 12 heteroatoms. The van der Waals surface area contributed by atoms with E-state index in [1.165, 1.54) is 0 Å². The molecule has 0 bridgehead atoms. The maximum Gasteiger partial charge on any atom is 0.253 e. The fraction of sp³-hybridized carbons (Fsp3) is 0.312. The van der Waals surface area contributed by atoms with Crippen LogP contribution in [0.15, 0.2) is 72.8 Å². The summed E-state index contributed by atoms with van der Waals surface area (Å²) in [5, 5.41) is 27.2. The van der Waals surface area contributed by atoms with Crippen LogP contribution in [0.25, 0.3) is 0 Å². The molecular formula is C32H31Cl2N7O3. The predicted octanol–water partition coefficient (Wildman–Crippen LogP) is 5.16. The molecule has 0 spiro atoms. The molecule has 10 nitrogen and oxygen atoms in total. The molecule has 4 atom stereocenters. The average Bonchev–Trinajstić information content (AvgIpc) is 3.56. The molecule has 226 valence electrons. The molecule has 4 aromatic rings. The van der Waals surface area contributed by atoms with E-state index in [4.69, 9.17) is 27.9 Å². The molecular weight excluding hydrogens is 601 g/mol. The number of benzene rings is 3. The first-order chi connectivity index (χ1) is 21.4. The minimum Gasteiger partial charge on any atom is -0.358 e. The molecule has 1 aromatic heterocycles. The van der Waals surface area contributed by atoms with Crippen molar-refractivity contribution in [1.29, 1.82) is 5.26 Å². The van der Waals surface area contributed by atoms with Gasteiger partial charge < -0.3 is 15.0 Å². The van der Waals surface area contributed by atoms with Gasteiger partial charge >= 0.3 is 0 Å². The molecule has 1 saturated heterocycles. The largest absolute Gasteiger partial charge is 0.358 e. The summed E-state index contributed by atoms with van der Waals surface area (Å²) >= 11 is 12.5. The van der Waals surface area contributed by atoms with Crippen molar-refractivity contribution in [1.82, 2.24) is 30.8 Å². The van der Waals surface area contributed by atoms with E-state index in [9.17, 15) is 14.9 Å². The Labute approximate surface area is 265 Å². The number of hydrogen-bond donors (Lipinski definition) is 2. The lowest BCUT2D eigenvalue weighted by Crippen LogP contribution is -2.59. The lowest BCUT2D eigenvalue weighted by molar-refractivity contribution is -0.181. The van der Waals surface area contributed by atoms with E-state index < -0.39 is 24.3 Å². The molecule has 2 amide bonds. The highest BCUT2D eigenvalue weighted by molar-refractivity contribution is 6.30. The zero-order chi connectivity index (χ0) is 31.1. The van der Waals surface area contributed by atoms with Gasteiger partial charge in [0.2, 0.25) is 5.91 Å². The number of aromatic nitrogens is 4. The number of rotatable bonds is 11. The van der Waals surface area contributed by atoms with Crippen molar-refractivity contribution in [2.24, 2.45) is 0 Å². The number of hydrogen-bond acceptors (Lipinski definition) is 7. The number of halogens is 2. The third kappa shape index (κ3) is 7.25. The van der Waals surface area contributed by atoms with Crippen LogP contribution in [-0.4, -0.2) is 56.0 Å². The van der Waals surface area contributed by atoms with Gasteiger partial charge in [0.1, 0.15) is 18.2 Å². The second-order valence-electron chi connectivity index (χ2n) is 10.5. The van der Waals surface area contributed by atoms with E-state index in [1.54, 1.807) is 41.3 Å². The first-order valence-corrected chi connectivity index (χ1v) is 15.1. The van der Waals surface area contributed by atoms with Crippen LogP contribution < -0.4 is 5.32 Å². The van der Waals surface area contributed by atoms with Crippen molar-refractivity contribution >= 4 is 35.0 Å². The molecule has 3 aromatic carbocycles. The maximum atomic E-state index is 14.5. The molecule has 0 radical (unpaired) electrons. The highest BCUT2D eigenvalue weighted by Gasteiger charge is 2.48. The number of aromatic amines is 1. The molecule has 1 aliphatic rings. The Morgan fingerprint density at radius 3 is 2.30 bits per heavy atom. The van der Waals surface area contributed by atoms with Crippen LogP contribution in [0.1, 0.15) is 60.0 Å². The SMILES string of the molecule is CCC[C@H](C(=O)NCCc1nn[nH]n1)N1C(=O)[C@H](Cc2ccc(C#N)cc2)O[C@@H](c2ccc(Cl)cc2)[C@H]1c1ccc(Cl)cc1. The van der Waals surface area contributed by atoms with Crippen LogP contribution in [0.5, 0.6) is 0 Å². The third-order valence-corrected chi connectivity index (χ3v) is 8.08. The first kappa shape index (κ1) is 31.1. The Morgan fingerprint density at radius 1 is 1.05 bits per heavy atom. The van der Waals surface area contributed by atoms with Crippen molar-refractivity contribution in [2.45, 2.75) is 56.9 Å². The van der Waals surface area contributed by atoms with Crippen LogP contribution in [0.2, 0.25) is 10.0 Å².